The van der Waals surface area contributed by atoms with Crippen LogP contribution in [0.1, 0.15) is 43.0 Å². The van der Waals surface area contributed by atoms with Crippen LogP contribution < -0.4 is 5.73 Å². The van der Waals surface area contributed by atoms with Gasteiger partial charge in [0.25, 0.3) is 0 Å². The van der Waals surface area contributed by atoms with Gasteiger partial charge in [0, 0.05) is 18.8 Å². The van der Waals surface area contributed by atoms with Crippen LogP contribution in [0.4, 0.5) is 13.6 Å². The van der Waals surface area contributed by atoms with Crippen molar-refractivity contribution < 1.29 is 18.3 Å². The average molecular weight is 336 g/mol. The van der Waals surface area contributed by atoms with Crippen molar-refractivity contribution in [2.75, 3.05) is 0 Å². The van der Waals surface area contributed by atoms with Crippen LogP contribution in [-0.4, -0.2) is 26.6 Å². The maximum Gasteiger partial charge on any atom is 0.405 e. The smallest absolute Gasteiger partial charge is 0.405 e. The molecule has 2 heterocycles. The van der Waals surface area contributed by atoms with Crippen LogP contribution in [0.25, 0.3) is 11.7 Å². The topological polar surface area (TPSA) is 82.5 Å². The number of carbonyl (C=O) groups is 1. The highest BCUT2D eigenvalue weighted by Gasteiger charge is 2.40. The highest BCUT2D eigenvalue weighted by Crippen LogP contribution is 2.42. The van der Waals surface area contributed by atoms with E-state index in [2.05, 4.69) is 16.7 Å². The predicted octanol–water partition coefficient (Wildman–Crippen LogP) is 3.33. The average Bonchev–Trinajstić information content (AvgIpc) is 2.95. The fraction of sp³-hybridized carbons (Fsp3) is 0.438. The van der Waals surface area contributed by atoms with Gasteiger partial charge in [-0.3, -0.25) is 0 Å². The molecule has 3 rings (SSSR count). The first-order chi connectivity index (χ1) is 11.4. The van der Waals surface area contributed by atoms with Crippen LogP contribution in [-0.2, 0) is 4.74 Å². The molecule has 0 radical (unpaired) electrons. The molecule has 0 aromatic carbocycles. The monoisotopic (exact) mass is 336 g/mol. The van der Waals surface area contributed by atoms with Gasteiger partial charge in [0.1, 0.15) is 11.8 Å². The second-order valence-corrected chi connectivity index (χ2v) is 6.01. The van der Waals surface area contributed by atoms with Crippen molar-refractivity contribution in [2.24, 2.45) is 11.7 Å². The molecule has 1 amide bonds. The Labute approximate surface area is 137 Å². The third-order valence-corrected chi connectivity index (χ3v) is 4.32. The molecule has 8 heteroatoms. The highest BCUT2D eigenvalue weighted by atomic mass is 19.3. The summed E-state index contributed by atoms with van der Waals surface area (Å²) in [6.45, 7) is 3.67. The summed E-state index contributed by atoms with van der Waals surface area (Å²) in [6, 6.07) is 1.78. The molecule has 2 aromatic heterocycles. The van der Waals surface area contributed by atoms with Gasteiger partial charge in [-0.05, 0) is 24.5 Å². The second-order valence-electron chi connectivity index (χ2n) is 6.01. The number of imidazole rings is 1. The summed E-state index contributed by atoms with van der Waals surface area (Å²) in [5, 5.41) is 4.19. The Hall–Kier alpha value is -2.51. The van der Waals surface area contributed by atoms with Gasteiger partial charge in [-0.2, -0.15) is 5.10 Å². The van der Waals surface area contributed by atoms with E-state index >= 15 is 0 Å². The molecule has 1 aliphatic carbocycles. The zero-order chi connectivity index (χ0) is 17.3. The highest BCUT2D eigenvalue weighted by molar-refractivity contribution is 5.65. The molecular weight excluding hydrogens is 318 g/mol. The van der Waals surface area contributed by atoms with Gasteiger partial charge in [0.05, 0.1) is 12.4 Å². The Morgan fingerprint density at radius 1 is 1.50 bits per heavy atom. The first-order valence-electron chi connectivity index (χ1n) is 7.70. The van der Waals surface area contributed by atoms with Crippen molar-refractivity contribution in [3.8, 4) is 0 Å². The van der Waals surface area contributed by atoms with Crippen molar-refractivity contribution in [1.29, 1.82) is 0 Å². The van der Waals surface area contributed by atoms with E-state index in [9.17, 15) is 13.6 Å². The minimum absolute atomic E-state index is 0.234. The van der Waals surface area contributed by atoms with Gasteiger partial charge in [-0.25, -0.2) is 23.1 Å². The normalized spacial score (nSPS) is 19.1. The summed E-state index contributed by atoms with van der Waals surface area (Å²) < 4.78 is 33.5. The van der Waals surface area contributed by atoms with Crippen molar-refractivity contribution >= 4 is 17.8 Å². The van der Waals surface area contributed by atoms with Gasteiger partial charge in [0.15, 0.2) is 5.65 Å². The molecule has 2 N–H and O–H groups in total. The molecule has 2 aromatic rings. The first-order valence-corrected chi connectivity index (χ1v) is 7.70. The van der Waals surface area contributed by atoms with Crippen LogP contribution in [0.3, 0.4) is 0 Å². The number of ether oxygens (including phenoxy) is 1. The number of primary amides is 1. The van der Waals surface area contributed by atoms with Crippen LogP contribution in [0, 0.1) is 5.92 Å². The lowest BCUT2D eigenvalue weighted by Crippen LogP contribution is -2.30. The van der Waals surface area contributed by atoms with Crippen LogP contribution in [0.5, 0.6) is 0 Å². The largest absolute Gasteiger partial charge is 0.440 e. The zero-order valence-corrected chi connectivity index (χ0v) is 13.0. The molecule has 1 aliphatic rings. The Morgan fingerprint density at radius 2 is 2.21 bits per heavy atom. The summed E-state index contributed by atoms with van der Waals surface area (Å²) in [5.74, 6) is -2.91. The van der Waals surface area contributed by atoms with Crippen molar-refractivity contribution in [1.82, 2.24) is 14.6 Å². The zero-order valence-electron chi connectivity index (χ0n) is 13.0. The minimum atomic E-state index is -2.66. The molecule has 6 nitrogen and oxygen atoms in total. The summed E-state index contributed by atoms with van der Waals surface area (Å²) in [6.07, 6.45) is 3.20. The Balaban J connectivity index is 1.91. The summed E-state index contributed by atoms with van der Waals surface area (Å²) in [7, 11) is 0. The fourth-order valence-corrected chi connectivity index (χ4v) is 3.05. The summed E-state index contributed by atoms with van der Waals surface area (Å²) in [4.78, 5) is 15.7. The lowest BCUT2D eigenvalue weighted by atomic mass is 9.82. The van der Waals surface area contributed by atoms with Gasteiger partial charge < -0.3 is 10.5 Å². The number of rotatable bonds is 4. The fourth-order valence-electron chi connectivity index (χ4n) is 3.05. The number of hydrogen-bond donors (Lipinski definition) is 1. The number of halogens is 2. The Bertz CT molecular complexity index is 765. The summed E-state index contributed by atoms with van der Waals surface area (Å²) >= 11 is 0. The standard InChI is InChI=1S/C16H18F2N4O2/c1-2-10-7-13-21-12(9-22(13)20-8-10)14(24-15(19)23)11-3-5-16(17,18)6-4-11/h2,7-9,11,14H,1,3-6H2,(H2,19,23). The molecular formula is C16H18F2N4O2. The molecule has 128 valence electrons. The molecule has 1 unspecified atom stereocenters. The molecule has 1 fully saturated rings. The maximum absolute atomic E-state index is 13.4. The molecule has 0 aliphatic heterocycles. The van der Waals surface area contributed by atoms with Gasteiger partial charge in [-0.1, -0.05) is 12.7 Å². The molecule has 1 atom stereocenters. The number of fused-ring (bicyclic) bond motifs is 1. The van der Waals surface area contributed by atoms with Crippen LogP contribution in [0.15, 0.2) is 25.0 Å². The third kappa shape index (κ3) is 3.37. The van der Waals surface area contributed by atoms with E-state index in [-0.39, 0.29) is 31.6 Å². The number of nitrogens with two attached hydrogens (primary N) is 1. The SMILES string of the molecule is C=Cc1cnn2cc(C(OC(N)=O)C3CCC(F)(F)CC3)nc2c1. The van der Waals surface area contributed by atoms with Gasteiger partial charge in [0.2, 0.25) is 5.92 Å². The molecule has 1 saturated carbocycles. The van der Waals surface area contributed by atoms with Gasteiger partial charge in [-0.15, -0.1) is 0 Å². The number of nitrogens with zero attached hydrogens (tertiary/aromatic N) is 3. The Kier molecular flexibility index (Phi) is 4.21. The molecule has 24 heavy (non-hydrogen) atoms. The van der Waals surface area contributed by atoms with E-state index in [0.717, 1.165) is 5.56 Å². The Morgan fingerprint density at radius 3 is 2.83 bits per heavy atom. The number of carbonyl (C=O) groups excluding carboxylic acids is 1. The first kappa shape index (κ1) is 16.4. The molecule has 0 spiro atoms. The lowest BCUT2D eigenvalue weighted by Gasteiger charge is -2.32. The molecule has 0 bridgehead atoms. The van der Waals surface area contributed by atoms with E-state index in [1.54, 1.807) is 24.5 Å². The number of hydrogen-bond acceptors (Lipinski definition) is 4. The minimum Gasteiger partial charge on any atom is -0.440 e. The van der Waals surface area contributed by atoms with Crippen LogP contribution >= 0.6 is 0 Å². The van der Waals surface area contributed by atoms with Crippen molar-refractivity contribution in [3.05, 3.63) is 36.3 Å². The second kappa shape index (κ2) is 6.18. The van der Waals surface area contributed by atoms with Crippen LogP contribution in [0.2, 0.25) is 0 Å². The third-order valence-electron chi connectivity index (χ3n) is 4.32. The number of aromatic nitrogens is 3. The van der Waals surface area contributed by atoms with Crippen molar-refractivity contribution in [2.45, 2.75) is 37.7 Å². The van der Waals surface area contributed by atoms with E-state index < -0.39 is 18.1 Å². The van der Waals surface area contributed by atoms with E-state index in [1.165, 1.54) is 4.52 Å². The maximum atomic E-state index is 13.4. The van der Waals surface area contributed by atoms with E-state index in [0.29, 0.717) is 11.3 Å². The van der Waals surface area contributed by atoms with Crippen molar-refractivity contribution in [3.63, 3.8) is 0 Å². The predicted molar refractivity (Wildman–Crippen MR) is 83.4 cm³/mol. The lowest BCUT2D eigenvalue weighted by molar-refractivity contribution is -0.0642. The molecule has 0 saturated heterocycles. The van der Waals surface area contributed by atoms with E-state index in [1.807, 2.05) is 0 Å². The summed E-state index contributed by atoms with van der Waals surface area (Å²) in [5.41, 5.74) is 6.97. The number of alkyl halides is 2. The number of amides is 1. The van der Waals surface area contributed by atoms with E-state index in [4.69, 9.17) is 10.5 Å². The quantitative estimate of drug-likeness (QED) is 0.928. The van der Waals surface area contributed by atoms with Gasteiger partial charge >= 0.3 is 6.09 Å².